The van der Waals surface area contributed by atoms with Crippen LogP contribution in [0.4, 0.5) is 14.6 Å². The lowest BCUT2D eigenvalue weighted by Gasteiger charge is -2.19. The molecule has 0 spiro atoms. The Balaban J connectivity index is 2.02. The number of aromatic nitrogens is 3. The summed E-state index contributed by atoms with van der Waals surface area (Å²) in [5.74, 6) is -2.66. The van der Waals surface area contributed by atoms with E-state index >= 15 is 0 Å². The Kier molecular flexibility index (Phi) is 4.27. The molecule has 1 aliphatic heterocycles. The van der Waals surface area contributed by atoms with Crippen LogP contribution in [0.15, 0.2) is 35.4 Å². The lowest BCUT2D eigenvalue weighted by molar-refractivity contribution is 0.0695. The molecule has 144 valence electrons. The highest BCUT2D eigenvalue weighted by molar-refractivity contribution is 5.92. The van der Waals surface area contributed by atoms with Gasteiger partial charge in [0.2, 0.25) is 5.43 Å². The summed E-state index contributed by atoms with van der Waals surface area (Å²) in [4.78, 5) is 33.9. The molecular weight excluding hydrogens is 372 g/mol. The van der Waals surface area contributed by atoms with Crippen LogP contribution in [0.2, 0.25) is 0 Å². The number of hydrogen-bond donors (Lipinski definition) is 2. The normalized spacial score (nSPS) is 16.7. The molecule has 1 atom stereocenters. The molecule has 0 aromatic carbocycles. The van der Waals surface area contributed by atoms with Gasteiger partial charge in [-0.1, -0.05) is 0 Å². The van der Waals surface area contributed by atoms with E-state index in [1.54, 1.807) is 4.90 Å². The van der Waals surface area contributed by atoms with E-state index in [4.69, 9.17) is 5.73 Å². The Bertz CT molecular complexity index is 1150. The van der Waals surface area contributed by atoms with E-state index in [2.05, 4.69) is 9.97 Å². The van der Waals surface area contributed by atoms with E-state index in [1.807, 2.05) is 0 Å². The molecule has 0 radical (unpaired) electrons. The maximum atomic E-state index is 14.7. The predicted octanol–water partition coefficient (Wildman–Crippen LogP) is 1.29. The van der Waals surface area contributed by atoms with Crippen LogP contribution < -0.4 is 16.1 Å². The van der Waals surface area contributed by atoms with E-state index in [-0.39, 0.29) is 28.7 Å². The third-order valence-electron chi connectivity index (χ3n) is 4.63. The highest BCUT2D eigenvalue weighted by Crippen LogP contribution is 2.25. The van der Waals surface area contributed by atoms with E-state index in [1.165, 1.54) is 10.6 Å². The van der Waals surface area contributed by atoms with Gasteiger partial charge in [0.15, 0.2) is 17.3 Å². The summed E-state index contributed by atoms with van der Waals surface area (Å²) < 4.78 is 29.2. The van der Waals surface area contributed by atoms with Gasteiger partial charge in [-0.3, -0.25) is 9.36 Å². The Morgan fingerprint density at radius 1 is 1.32 bits per heavy atom. The van der Waals surface area contributed by atoms with Gasteiger partial charge in [0, 0.05) is 25.3 Å². The molecule has 10 heteroatoms. The Hall–Kier alpha value is -3.40. The molecule has 0 saturated carbocycles. The number of carboxylic acids is 1. The number of pyridine rings is 3. The van der Waals surface area contributed by atoms with Gasteiger partial charge >= 0.3 is 5.97 Å². The molecule has 3 aromatic heterocycles. The minimum absolute atomic E-state index is 0.0128. The van der Waals surface area contributed by atoms with Gasteiger partial charge in [-0.05, 0) is 24.6 Å². The summed E-state index contributed by atoms with van der Waals surface area (Å²) >= 11 is 0. The SMILES string of the molecule is NC1CCN(c2nc3c(cc2F)c(=O)c(C(=O)O)cn3-c2ccc(F)cn2)C1. The predicted molar refractivity (Wildman–Crippen MR) is 96.8 cm³/mol. The Labute approximate surface area is 156 Å². The van der Waals surface area contributed by atoms with Crippen molar-refractivity contribution >= 4 is 22.8 Å². The second-order valence-electron chi connectivity index (χ2n) is 6.54. The topological polar surface area (TPSA) is 114 Å². The Morgan fingerprint density at radius 3 is 2.71 bits per heavy atom. The van der Waals surface area contributed by atoms with Gasteiger partial charge in [-0.25, -0.2) is 23.5 Å². The minimum Gasteiger partial charge on any atom is -0.477 e. The first kappa shape index (κ1) is 18.0. The van der Waals surface area contributed by atoms with Crippen molar-refractivity contribution in [3.8, 4) is 5.82 Å². The minimum atomic E-state index is -1.47. The zero-order valence-corrected chi connectivity index (χ0v) is 14.5. The van der Waals surface area contributed by atoms with Crippen LogP contribution >= 0.6 is 0 Å². The molecule has 0 amide bonds. The maximum absolute atomic E-state index is 14.7. The number of nitrogens with two attached hydrogens (primary N) is 1. The summed E-state index contributed by atoms with van der Waals surface area (Å²) in [6, 6.07) is 3.29. The zero-order valence-electron chi connectivity index (χ0n) is 14.5. The monoisotopic (exact) mass is 387 g/mol. The van der Waals surface area contributed by atoms with E-state index in [0.29, 0.717) is 19.5 Å². The third-order valence-corrected chi connectivity index (χ3v) is 4.63. The van der Waals surface area contributed by atoms with Crippen molar-refractivity contribution in [3.63, 3.8) is 0 Å². The van der Waals surface area contributed by atoms with Gasteiger partial charge in [0.1, 0.15) is 17.2 Å². The second-order valence-corrected chi connectivity index (χ2v) is 6.54. The largest absolute Gasteiger partial charge is 0.477 e. The number of carboxylic acid groups (broad SMARTS) is 1. The fraction of sp³-hybridized carbons (Fsp3) is 0.222. The van der Waals surface area contributed by atoms with Gasteiger partial charge in [0.05, 0.1) is 11.6 Å². The summed E-state index contributed by atoms with van der Waals surface area (Å²) in [6.07, 6.45) is 2.67. The molecule has 28 heavy (non-hydrogen) atoms. The van der Waals surface area contributed by atoms with Crippen LogP contribution in [-0.2, 0) is 0 Å². The molecule has 1 saturated heterocycles. The van der Waals surface area contributed by atoms with Crippen LogP contribution in [0.5, 0.6) is 0 Å². The number of carbonyl (C=O) groups is 1. The molecule has 1 aliphatic rings. The lowest BCUT2D eigenvalue weighted by Crippen LogP contribution is -2.28. The number of fused-ring (bicyclic) bond motifs is 1. The molecular formula is C18H15F2N5O3. The highest BCUT2D eigenvalue weighted by atomic mass is 19.1. The summed E-state index contributed by atoms with van der Waals surface area (Å²) in [5.41, 5.74) is 4.46. The average Bonchev–Trinajstić information content (AvgIpc) is 3.09. The number of nitrogens with zero attached hydrogens (tertiary/aromatic N) is 4. The fourth-order valence-electron chi connectivity index (χ4n) is 3.25. The van der Waals surface area contributed by atoms with Gasteiger partial charge in [-0.15, -0.1) is 0 Å². The van der Waals surface area contributed by atoms with E-state index in [0.717, 1.165) is 24.5 Å². The molecule has 3 aromatic rings. The molecule has 1 fully saturated rings. The first-order valence-corrected chi connectivity index (χ1v) is 8.47. The molecule has 4 rings (SSSR count). The quantitative estimate of drug-likeness (QED) is 0.696. The summed E-state index contributed by atoms with van der Waals surface area (Å²) in [7, 11) is 0. The molecule has 3 N–H and O–H groups in total. The first-order valence-electron chi connectivity index (χ1n) is 8.47. The van der Waals surface area contributed by atoms with Gasteiger partial charge < -0.3 is 15.7 Å². The molecule has 0 aliphatic carbocycles. The van der Waals surface area contributed by atoms with Crippen LogP contribution in [0.3, 0.4) is 0 Å². The number of hydrogen-bond acceptors (Lipinski definition) is 6. The van der Waals surface area contributed by atoms with E-state index < -0.39 is 28.6 Å². The number of aromatic carboxylic acids is 1. The molecule has 8 nitrogen and oxygen atoms in total. The van der Waals surface area contributed by atoms with Gasteiger partial charge in [0.25, 0.3) is 0 Å². The number of rotatable bonds is 3. The van der Waals surface area contributed by atoms with Crippen molar-refractivity contribution in [2.45, 2.75) is 12.5 Å². The van der Waals surface area contributed by atoms with Gasteiger partial charge in [-0.2, -0.15) is 0 Å². The first-order chi connectivity index (χ1) is 13.3. The number of anilines is 1. The van der Waals surface area contributed by atoms with Crippen molar-refractivity contribution in [2.24, 2.45) is 5.73 Å². The Morgan fingerprint density at radius 2 is 2.11 bits per heavy atom. The van der Waals surface area contributed by atoms with Crippen molar-refractivity contribution in [3.05, 3.63) is 58.0 Å². The molecule has 0 bridgehead atoms. The third kappa shape index (κ3) is 2.97. The fourth-order valence-corrected chi connectivity index (χ4v) is 3.25. The van der Waals surface area contributed by atoms with Crippen molar-refractivity contribution < 1.29 is 18.7 Å². The van der Waals surface area contributed by atoms with Crippen LogP contribution in [-0.4, -0.2) is 44.7 Å². The van der Waals surface area contributed by atoms with Crippen LogP contribution in [0.25, 0.3) is 16.9 Å². The van der Waals surface area contributed by atoms with E-state index in [9.17, 15) is 23.5 Å². The average molecular weight is 387 g/mol. The van der Waals surface area contributed by atoms with Crippen molar-refractivity contribution in [1.29, 1.82) is 0 Å². The number of halogens is 2. The smallest absolute Gasteiger partial charge is 0.341 e. The molecule has 1 unspecified atom stereocenters. The summed E-state index contributed by atoms with van der Waals surface area (Å²) in [6.45, 7) is 0.907. The maximum Gasteiger partial charge on any atom is 0.341 e. The second kappa shape index (κ2) is 6.64. The van der Waals surface area contributed by atoms with Crippen molar-refractivity contribution in [1.82, 2.24) is 14.5 Å². The lowest BCUT2D eigenvalue weighted by atomic mass is 10.2. The standard InChI is InChI=1S/C18H15F2N5O3/c19-9-1-2-14(22-6-9)25-8-12(18(27)28)15(26)11-5-13(20)17(23-16(11)25)24-4-3-10(21)7-24/h1-2,5-6,8,10H,3-4,7,21H2,(H,27,28). The molecule has 4 heterocycles. The van der Waals surface area contributed by atoms with Crippen molar-refractivity contribution in [2.75, 3.05) is 18.0 Å². The van der Waals surface area contributed by atoms with Crippen LogP contribution in [0.1, 0.15) is 16.8 Å². The summed E-state index contributed by atoms with van der Waals surface area (Å²) in [5, 5.41) is 9.12. The zero-order chi connectivity index (χ0) is 20.0. The highest BCUT2D eigenvalue weighted by Gasteiger charge is 2.25. The van der Waals surface area contributed by atoms with Crippen LogP contribution in [0, 0.1) is 11.6 Å².